The van der Waals surface area contributed by atoms with Crippen molar-refractivity contribution in [2.75, 3.05) is 54.5 Å². The Morgan fingerprint density at radius 1 is 0.828 bits per heavy atom. The van der Waals surface area contributed by atoms with E-state index in [9.17, 15) is 0 Å². The van der Waals surface area contributed by atoms with Crippen LogP contribution in [0, 0.1) is 0 Å². The third-order valence-corrected chi connectivity index (χ3v) is 5.69. The lowest BCUT2D eigenvalue weighted by molar-refractivity contribution is 0.413. The quantitative estimate of drug-likeness (QED) is 0.681. The summed E-state index contributed by atoms with van der Waals surface area (Å²) in [6, 6.07) is 16.6. The number of rotatable bonds is 4. The number of hydrogen-bond donors (Lipinski definition) is 0. The molecule has 7 nitrogen and oxygen atoms in total. The number of benzene rings is 2. The van der Waals surface area contributed by atoms with Crippen LogP contribution < -0.4 is 19.4 Å². The summed E-state index contributed by atoms with van der Waals surface area (Å²) in [4.78, 5) is 11.7. The Kier molecular flexibility index (Phi) is 4.63. The highest BCUT2D eigenvalue weighted by Gasteiger charge is 2.25. The maximum Gasteiger partial charge on any atom is 0.251 e. The first-order valence-electron chi connectivity index (χ1n) is 10.0. The second-order valence-electron chi connectivity index (χ2n) is 7.29. The van der Waals surface area contributed by atoms with Gasteiger partial charge in [-0.25, -0.2) is 0 Å². The maximum atomic E-state index is 5.52. The Labute approximate surface area is 170 Å². The number of fused-ring (bicyclic) bond motifs is 1. The van der Waals surface area contributed by atoms with Gasteiger partial charge in [-0.05, 0) is 30.2 Å². The van der Waals surface area contributed by atoms with E-state index in [1.165, 1.54) is 11.3 Å². The molecule has 3 aromatic rings. The molecule has 0 radical (unpaired) electrons. The molecule has 0 N–H and O–H groups in total. The number of piperazine rings is 1. The summed E-state index contributed by atoms with van der Waals surface area (Å²) >= 11 is 0. The van der Waals surface area contributed by atoms with Gasteiger partial charge in [-0.1, -0.05) is 30.3 Å². The highest BCUT2D eigenvalue weighted by atomic mass is 16.5. The third kappa shape index (κ3) is 3.33. The zero-order chi connectivity index (χ0) is 19.6. The lowest BCUT2D eigenvalue weighted by atomic mass is 10.2. The van der Waals surface area contributed by atoms with E-state index < -0.39 is 0 Å². The Hall–Kier alpha value is -3.35. The van der Waals surface area contributed by atoms with Gasteiger partial charge in [0.2, 0.25) is 0 Å². The van der Waals surface area contributed by atoms with Crippen molar-refractivity contribution in [3.63, 3.8) is 0 Å². The summed E-state index contributed by atoms with van der Waals surface area (Å²) in [5.74, 6) is 2.48. The van der Waals surface area contributed by atoms with Crippen molar-refractivity contribution in [1.82, 2.24) is 15.2 Å². The minimum Gasteiger partial charge on any atom is -0.495 e. The summed E-state index contributed by atoms with van der Waals surface area (Å²) in [5.41, 5.74) is 3.67. The molecular weight excluding hydrogens is 364 g/mol. The monoisotopic (exact) mass is 388 g/mol. The molecule has 2 aliphatic heterocycles. The molecule has 29 heavy (non-hydrogen) atoms. The number of ether oxygens (including phenoxy) is 1. The molecule has 148 valence electrons. The number of hydrogen-bond acceptors (Lipinski definition) is 7. The standard InChI is InChI=1S/C22H24N6O/c1-29-20-9-5-4-8-19(20)26-12-14-27(15-13-26)21-16-23-25-22(24-21)28-11-10-17-6-2-3-7-18(17)28/h2-9,16H,10-15H2,1H3. The van der Waals surface area contributed by atoms with Crippen molar-refractivity contribution in [3.8, 4) is 5.75 Å². The lowest BCUT2D eigenvalue weighted by Crippen LogP contribution is -2.47. The molecule has 2 aliphatic rings. The van der Waals surface area contributed by atoms with Crippen LogP contribution in [-0.2, 0) is 6.42 Å². The molecule has 0 saturated carbocycles. The zero-order valence-corrected chi connectivity index (χ0v) is 16.5. The molecule has 0 aliphatic carbocycles. The normalized spacial score (nSPS) is 16.1. The molecule has 0 amide bonds. The molecule has 5 rings (SSSR count). The number of methoxy groups -OCH3 is 1. The molecule has 0 atom stereocenters. The molecule has 3 heterocycles. The summed E-state index contributed by atoms with van der Waals surface area (Å²) in [6.45, 7) is 4.48. The van der Waals surface area contributed by atoms with E-state index in [2.05, 4.69) is 61.3 Å². The van der Waals surface area contributed by atoms with Gasteiger partial charge in [-0.15, -0.1) is 5.10 Å². The smallest absolute Gasteiger partial charge is 0.251 e. The van der Waals surface area contributed by atoms with E-state index in [0.717, 1.165) is 56.4 Å². The van der Waals surface area contributed by atoms with Crippen LogP contribution >= 0.6 is 0 Å². The first-order chi connectivity index (χ1) is 14.3. The van der Waals surface area contributed by atoms with Crippen molar-refractivity contribution >= 4 is 23.1 Å². The van der Waals surface area contributed by atoms with Gasteiger partial charge in [0.05, 0.1) is 19.0 Å². The fraction of sp³-hybridized carbons (Fsp3) is 0.318. The van der Waals surface area contributed by atoms with Gasteiger partial charge in [-0.3, -0.25) is 0 Å². The molecule has 1 fully saturated rings. The average molecular weight is 388 g/mol. The highest BCUT2D eigenvalue weighted by molar-refractivity contribution is 5.66. The minimum absolute atomic E-state index is 0.680. The van der Waals surface area contributed by atoms with Gasteiger partial charge in [0.1, 0.15) is 5.75 Å². The first-order valence-corrected chi connectivity index (χ1v) is 10.0. The topological polar surface area (TPSA) is 57.6 Å². The van der Waals surface area contributed by atoms with Crippen LogP contribution in [0.15, 0.2) is 54.7 Å². The third-order valence-electron chi connectivity index (χ3n) is 5.69. The van der Waals surface area contributed by atoms with Crippen LogP contribution in [0.2, 0.25) is 0 Å². The van der Waals surface area contributed by atoms with E-state index in [-0.39, 0.29) is 0 Å². The van der Waals surface area contributed by atoms with Gasteiger partial charge < -0.3 is 19.4 Å². The Morgan fingerprint density at radius 3 is 2.38 bits per heavy atom. The molecule has 0 bridgehead atoms. The van der Waals surface area contributed by atoms with Gasteiger partial charge >= 0.3 is 0 Å². The zero-order valence-electron chi connectivity index (χ0n) is 16.5. The van der Waals surface area contributed by atoms with Crippen LogP contribution in [0.5, 0.6) is 5.75 Å². The van der Waals surface area contributed by atoms with E-state index in [1.807, 2.05) is 12.1 Å². The van der Waals surface area contributed by atoms with E-state index in [0.29, 0.717) is 5.95 Å². The lowest BCUT2D eigenvalue weighted by Gasteiger charge is -2.37. The minimum atomic E-state index is 0.680. The van der Waals surface area contributed by atoms with E-state index >= 15 is 0 Å². The van der Waals surface area contributed by atoms with Crippen LogP contribution in [0.1, 0.15) is 5.56 Å². The molecule has 0 unspecified atom stereocenters. The van der Waals surface area contributed by atoms with Gasteiger partial charge in [-0.2, -0.15) is 10.1 Å². The van der Waals surface area contributed by atoms with Crippen LogP contribution in [0.25, 0.3) is 0 Å². The molecule has 7 heteroatoms. The predicted octanol–water partition coefficient (Wildman–Crippen LogP) is 2.90. The van der Waals surface area contributed by atoms with E-state index in [1.54, 1.807) is 13.3 Å². The molecule has 0 spiro atoms. The average Bonchev–Trinajstić information content (AvgIpc) is 3.23. The van der Waals surface area contributed by atoms with Crippen molar-refractivity contribution in [3.05, 3.63) is 60.3 Å². The SMILES string of the molecule is COc1ccccc1N1CCN(c2cnnc(N3CCc4ccccc43)n2)CC1. The van der Waals surface area contributed by atoms with Crippen LogP contribution in [0.3, 0.4) is 0 Å². The fourth-order valence-electron chi connectivity index (χ4n) is 4.17. The Morgan fingerprint density at radius 2 is 1.55 bits per heavy atom. The molecular formula is C22H24N6O. The predicted molar refractivity (Wildman–Crippen MR) is 114 cm³/mol. The molecule has 1 saturated heterocycles. The summed E-state index contributed by atoms with van der Waals surface area (Å²) in [7, 11) is 1.72. The number of para-hydroxylation sites is 3. The van der Waals surface area contributed by atoms with Gasteiger partial charge in [0.25, 0.3) is 5.95 Å². The highest BCUT2D eigenvalue weighted by Crippen LogP contribution is 2.33. The number of aromatic nitrogens is 3. The largest absolute Gasteiger partial charge is 0.495 e. The van der Waals surface area contributed by atoms with Crippen molar-refractivity contribution < 1.29 is 4.74 Å². The summed E-state index contributed by atoms with van der Waals surface area (Å²) in [6.07, 6.45) is 2.78. The Bertz CT molecular complexity index is 1000. The maximum absolute atomic E-state index is 5.52. The fourth-order valence-corrected chi connectivity index (χ4v) is 4.17. The van der Waals surface area contributed by atoms with Crippen molar-refractivity contribution in [2.24, 2.45) is 0 Å². The number of nitrogens with zero attached hydrogens (tertiary/aromatic N) is 6. The van der Waals surface area contributed by atoms with E-state index in [4.69, 9.17) is 9.72 Å². The van der Waals surface area contributed by atoms with Gasteiger partial charge in [0, 0.05) is 38.4 Å². The number of anilines is 4. The van der Waals surface area contributed by atoms with Crippen molar-refractivity contribution in [1.29, 1.82) is 0 Å². The Balaban J connectivity index is 1.32. The van der Waals surface area contributed by atoms with Crippen molar-refractivity contribution in [2.45, 2.75) is 6.42 Å². The summed E-state index contributed by atoms with van der Waals surface area (Å²) in [5, 5.41) is 8.56. The van der Waals surface area contributed by atoms with Crippen LogP contribution in [0.4, 0.5) is 23.1 Å². The second kappa shape index (κ2) is 7.58. The van der Waals surface area contributed by atoms with Crippen LogP contribution in [-0.4, -0.2) is 55.0 Å². The van der Waals surface area contributed by atoms with Gasteiger partial charge in [0.15, 0.2) is 5.82 Å². The molecule has 2 aromatic carbocycles. The second-order valence-corrected chi connectivity index (χ2v) is 7.29. The summed E-state index contributed by atoms with van der Waals surface area (Å²) < 4.78 is 5.52. The first kappa shape index (κ1) is 17.7. The molecule has 1 aromatic heterocycles.